The number of carbonyl (C=O) groups excluding carboxylic acids is 1. The number of amidine groups is 1. The normalized spacial score (nSPS) is 21.5. The average molecular weight is 410 g/mol. The monoisotopic (exact) mass is 409 g/mol. The molecular weight excluding hydrogens is 393 g/mol. The Morgan fingerprint density at radius 2 is 2.07 bits per heavy atom. The van der Waals surface area contributed by atoms with Crippen LogP contribution in [-0.2, 0) is 21.8 Å². The molecule has 3 rings (SSSR count). The van der Waals surface area contributed by atoms with Gasteiger partial charge >= 0.3 is 0 Å². The molecule has 1 aliphatic rings. The lowest BCUT2D eigenvalue weighted by Crippen LogP contribution is -2.42. The van der Waals surface area contributed by atoms with Gasteiger partial charge in [-0.1, -0.05) is 17.7 Å². The van der Waals surface area contributed by atoms with Crippen LogP contribution in [0.5, 0.6) is 0 Å². The highest BCUT2D eigenvalue weighted by molar-refractivity contribution is 7.92. The van der Waals surface area contributed by atoms with Crippen molar-refractivity contribution in [3.8, 4) is 0 Å². The van der Waals surface area contributed by atoms with Gasteiger partial charge in [-0.25, -0.2) is 12.8 Å². The SMILES string of the molecule is C[C@@]1(c2cc(CC(=O)c3ccc(Cl)cn3)ccc2F)CS(=O)(=O)CC(N)=N1. The van der Waals surface area contributed by atoms with Crippen molar-refractivity contribution in [1.82, 2.24) is 4.98 Å². The zero-order valence-corrected chi connectivity index (χ0v) is 16.0. The van der Waals surface area contributed by atoms with Crippen molar-refractivity contribution in [2.45, 2.75) is 18.9 Å². The van der Waals surface area contributed by atoms with Crippen LogP contribution in [0.25, 0.3) is 0 Å². The first-order valence-corrected chi connectivity index (χ1v) is 10.3. The summed E-state index contributed by atoms with van der Waals surface area (Å²) in [5.74, 6) is -1.63. The molecule has 1 aliphatic heterocycles. The third-order valence-corrected chi connectivity index (χ3v) is 6.21. The maximum Gasteiger partial charge on any atom is 0.185 e. The van der Waals surface area contributed by atoms with Crippen molar-refractivity contribution < 1.29 is 17.6 Å². The van der Waals surface area contributed by atoms with Gasteiger partial charge in [-0.2, -0.15) is 0 Å². The Labute approximate surface area is 161 Å². The first-order chi connectivity index (χ1) is 12.6. The Kier molecular flexibility index (Phi) is 5.05. The number of rotatable bonds is 4. The van der Waals surface area contributed by atoms with E-state index in [4.69, 9.17) is 17.3 Å². The molecule has 0 amide bonds. The number of halogens is 2. The van der Waals surface area contributed by atoms with Crippen LogP contribution in [-0.4, -0.2) is 36.5 Å². The number of hydrogen-bond donors (Lipinski definition) is 1. The molecule has 2 heterocycles. The average Bonchev–Trinajstić information content (AvgIpc) is 2.54. The van der Waals surface area contributed by atoms with Gasteiger partial charge in [0.2, 0.25) is 0 Å². The minimum Gasteiger partial charge on any atom is -0.387 e. The molecule has 2 N–H and O–H groups in total. The third-order valence-electron chi connectivity index (χ3n) is 4.25. The van der Waals surface area contributed by atoms with E-state index in [2.05, 4.69) is 9.98 Å². The molecule has 0 radical (unpaired) electrons. The minimum atomic E-state index is -3.50. The molecule has 142 valence electrons. The van der Waals surface area contributed by atoms with E-state index >= 15 is 0 Å². The lowest BCUT2D eigenvalue weighted by Gasteiger charge is -2.30. The number of pyridine rings is 1. The second-order valence-corrected chi connectivity index (χ2v) is 9.19. The molecule has 1 aromatic heterocycles. The summed E-state index contributed by atoms with van der Waals surface area (Å²) in [4.78, 5) is 20.6. The first kappa shape index (κ1) is 19.4. The number of sulfone groups is 1. The molecule has 6 nitrogen and oxygen atoms in total. The zero-order chi connectivity index (χ0) is 19.8. The van der Waals surface area contributed by atoms with Crippen LogP contribution in [0.1, 0.15) is 28.5 Å². The van der Waals surface area contributed by atoms with Crippen molar-refractivity contribution >= 4 is 33.1 Å². The van der Waals surface area contributed by atoms with Crippen LogP contribution in [0.2, 0.25) is 5.02 Å². The fourth-order valence-corrected chi connectivity index (χ4v) is 4.94. The minimum absolute atomic E-state index is 0.0239. The van der Waals surface area contributed by atoms with Gasteiger partial charge in [0.25, 0.3) is 0 Å². The van der Waals surface area contributed by atoms with Gasteiger partial charge in [0.1, 0.15) is 28.6 Å². The number of aliphatic imine (C=N–C) groups is 1. The molecule has 1 aromatic carbocycles. The highest BCUT2D eigenvalue weighted by atomic mass is 35.5. The van der Waals surface area contributed by atoms with Crippen molar-refractivity contribution in [2.24, 2.45) is 10.7 Å². The Hall–Kier alpha value is -2.32. The molecule has 9 heteroatoms. The quantitative estimate of drug-likeness (QED) is 0.780. The van der Waals surface area contributed by atoms with E-state index < -0.39 is 21.2 Å². The molecular formula is C18H17ClFN3O3S. The van der Waals surface area contributed by atoms with E-state index in [0.717, 1.165) is 0 Å². The number of aromatic nitrogens is 1. The number of nitrogens with zero attached hydrogens (tertiary/aromatic N) is 2. The smallest absolute Gasteiger partial charge is 0.185 e. The fraction of sp³-hybridized carbons (Fsp3) is 0.278. The highest BCUT2D eigenvalue weighted by Crippen LogP contribution is 2.33. The van der Waals surface area contributed by atoms with Gasteiger partial charge in [0.15, 0.2) is 15.6 Å². The number of benzene rings is 1. The summed E-state index contributed by atoms with van der Waals surface area (Å²) in [6.07, 6.45) is 1.35. The number of Topliss-reactive ketones (excluding diaryl/α,β-unsaturated/α-hetero) is 1. The van der Waals surface area contributed by atoms with Crippen molar-refractivity contribution in [2.75, 3.05) is 11.5 Å². The van der Waals surface area contributed by atoms with Crippen molar-refractivity contribution in [3.63, 3.8) is 0 Å². The van der Waals surface area contributed by atoms with Crippen LogP contribution >= 0.6 is 11.6 Å². The Balaban J connectivity index is 1.94. The molecule has 0 bridgehead atoms. The van der Waals surface area contributed by atoms with E-state index in [0.29, 0.717) is 10.6 Å². The van der Waals surface area contributed by atoms with E-state index in [1.165, 1.54) is 37.4 Å². The summed E-state index contributed by atoms with van der Waals surface area (Å²) in [5.41, 5.74) is 5.15. The summed E-state index contributed by atoms with van der Waals surface area (Å²) in [5, 5.41) is 0.414. The molecule has 0 saturated heterocycles. The lowest BCUT2D eigenvalue weighted by atomic mass is 9.91. The number of carbonyl (C=O) groups is 1. The molecule has 0 fully saturated rings. The van der Waals surface area contributed by atoms with Gasteiger partial charge in [-0.3, -0.25) is 14.8 Å². The van der Waals surface area contributed by atoms with E-state index in [1.807, 2.05) is 0 Å². The predicted molar refractivity (Wildman–Crippen MR) is 101 cm³/mol. The number of nitrogens with two attached hydrogens (primary N) is 1. The Bertz CT molecular complexity index is 1040. The summed E-state index contributed by atoms with van der Waals surface area (Å²) in [6.45, 7) is 1.52. The Morgan fingerprint density at radius 3 is 2.70 bits per heavy atom. The van der Waals surface area contributed by atoms with E-state index in [1.54, 1.807) is 6.07 Å². The van der Waals surface area contributed by atoms with Gasteiger partial charge in [-0.05, 0) is 36.8 Å². The lowest BCUT2D eigenvalue weighted by molar-refractivity contribution is 0.0988. The first-order valence-electron chi connectivity index (χ1n) is 8.06. The molecule has 0 unspecified atom stereocenters. The molecule has 0 saturated carbocycles. The van der Waals surface area contributed by atoms with Crippen LogP contribution in [0.15, 0.2) is 41.5 Å². The summed E-state index contributed by atoms with van der Waals surface area (Å²) < 4.78 is 38.6. The topological polar surface area (TPSA) is 102 Å². The van der Waals surface area contributed by atoms with Crippen molar-refractivity contribution in [3.05, 3.63) is 64.2 Å². The third kappa shape index (κ3) is 4.33. The van der Waals surface area contributed by atoms with Gasteiger partial charge in [-0.15, -0.1) is 0 Å². The van der Waals surface area contributed by atoms with Crippen LogP contribution < -0.4 is 5.73 Å². The molecule has 2 aromatic rings. The van der Waals surface area contributed by atoms with Crippen LogP contribution in [0.3, 0.4) is 0 Å². The number of ketones is 1. The largest absolute Gasteiger partial charge is 0.387 e. The van der Waals surface area contributed by atoms with Gasteiger partial charge in [0.05, 0.1) is 10.8 Å². The maximum atomic E-state index is 14.5. The molecule has 1 atom stereocenters. The predicted octanol–water partition coefficient (Wildman–Crippen LogP) is 2.30. The zero-order valence-electron chi connectivity index (χ0n) is 14.4. The summed E-state index contributed by atoms with van der Waals surface area (Å²) >= 11 is 5.76. The van der Waals surface area contributed by atoms with Gasteiger partial charge < -0.3 is 5.73 Å². The summed E-state index contributed by atoms with van der Waals surface area (Å²) in [7, 11) is -3.50. The van der Waals surface area contributed by atoms with Gasteiger partial charge in [0, 0.05) is 18.2 Å². The standard InChI is InChI=1S/C18H17ClFN3O3S/c1-18(10-27(25,26)9-17(21)23-18)13-6-11(2-4-14(13)20)7-16(24)15-5-3-12(19)8-22-15/h2-6,8H,7,9-10H2,1H3,(H2,21,23)/t18-/m0/s1. The van der Waals surface area contributed by atoms with E-state index in [9.17, 15) is 17.6 Å². The summed E-state index contributed by atoms with van der Waals surface area (Å²) in [6, 6.07) is 7.20. The van der Waals surface area contributed by atoms with E-state index in [-0.39, 0.29) is 40.8 Å². The molecule has 0 spiro atoms. The van der Waals surface area contributed by atoms with Crippen molar-refractivity contribution in [1.29, 1.82) is 0 Å². The van der Waals surface area contributed by atoms with Crippen LogP contribution in [0.4, 0.5) is 4.39 Å². The Morgan fingerprint density at radius 1 is 1.33 bits per heavy atom. The van der Waals surface area contributed by atoms with Crippen LogP contribution in [0, 0.1) is 5.82 Å². The molecule has 27 heavy (non-hydrogen) atoms. The fourth-order valence-electron chi connectivity index (χ4n) is 3.14. The second-order valence-electron chi connectivity index (χ2n) is 6.69. The molecule has 0 aliphatic carbocycles. The number of hydrogen-bond acceptors (Lipinski definition) is 6. The maximum absolute atomic E-state index is 14.5. The highest BCUT2D eigenvalue weighted by Gasteiger charge is 2.39. The second kappa shape index (κ2) is 7.01.